The molecule has 0 bridgehead atoms. The lowest BCUT2D eigenvalue weighted by Gasteiger charge is -2.17. The second kappa shape index (κ2) is 6.41. The Balaban J connectivity index is 2.44. The van der Waals surface area contributed by atoms with Crippen LogP contribution in [0.25, 0.3) is 0 Å². The molecule has 4 nitrogen and oxygen atoms in total. The summed E-state index contributed by atoms with van der Waals surface area (Å²) in [6, 6.07) is 3.56. The predicted molar refractivity (Wildman–Crippen MR) is 91.8 cm³/mol. The molecular weight excluding hydrogens is 288 g/mol. The zero-order chi connectivity index (χ0) is 17.3. The minimum Gasteiger partial charge on any atom is -0.307 e. The van der Waals surface area contributed by atoms with Crippen molar-refractivity contribution in [3.8, 4) is 0 Å². The van der Waals surface area contributed by atoms with Gasteiger partial charge < -0.3 is 5.41 Å². The maximum atomic E-state index is 12.7. The largest absolute Gasteiger partial charge is 0.307 e. The van der Waals surface area contributed by atoms with E-state index in [9.17, 15) is 9.59 Å². The fourth-order valence-electron chi connectivity index (χ4n) is 3.42. The van der Waals surface area contributed by atoms with Gasteiger partial charge in [-0.05, 0) is 56.0 Å². The summed E-state index contributed by atoms with van der Waals surface area (Å²) in [4.78, 5) is 25.1. The van der Waals surface area contributed by atoms with Gasteiger partial charge in [0.25, 0.3) is 0 Å². The number of benzene rings is 1. The van der Waals surface area contributed by atoms with Gasteiger partial charge in [-0.2, -0.15) is 0 Å². The van der Waals surface area contributed by atoms with E-state index in [1.807, 2.05) is 20.8 Å². The highest BCUT2D eigenvalue weighted by Gasteiger charge is 2.42. The number of carbonyl (C=O) groups excluding carboxylic acids is 2. The summed E-state index contributed by atoms with van der Waals surface area (Å²) in [6.07, 6.45) is 1.84. The smallest absolute Gasteiger partial charge is 0.151 e. The number of ketones is 2. The first kappa shape index (κ1) is 17.0. The van der Waals surface area contributed by atoms with Crippen LogP contribution in [0.2, 0.25) is 0 Å². The molecule has 1 aromatic rings. The Morgan fingerprint density at radius 3 is 2.35 bits per heavy atom. The Bertz CT molecular complexity index is 708. The molecule has 0 heterocycles. The third-order valence-electron chi connectivity index (χ3n) is 4.39. The first-order chi connectivity index (χ1) is 10.8. The predicted octanol–water partition coefficient (Wildman–Crippen LogP) is 3.53. The zero-order valence-corrected chi connectivity index (χ0v) is 13.8. The lowest BCUT2D eigenvalue weighted by atomic mass is 9.85. The van der Waals surface area contributed by atoms with Crippen LogP contribution in [0.15, 0.2) is 24.3 Å². The van der Waals surface area contributed by atoms with Crippen molar-refractivity contribution in [3.05, 3.63) is 46.5 Å². The van der Waals surface area contributed by atoms with Crippen molar-refractivity contribution in [3.63, 3.8) is 0 Å². The monoisotopic (exact) mass is 310 g/mol. The van der Waals surface area contributed by atoms with E-state index in [1.165, 1.54) is 0 Å². The van der Waals surface area contributed by atoms with Gasteiger partial charge in [0.15, 0.2) is 5.78 Å². The summed E-state index contributed by atoms with van der Waals surface area (Å²) < 4.78 is 0. The van der Waals surface area contributed by atoms with Crippen LogP contribution in [0.1, 0.15) is 47.9 Å². The van der Waals surface area contributed by atoms with Gasteiger partial charge in [-0.25, -0.2) is 0 Å². The fraction of sp³-hybridized carbons (Fsp3) is 0.368. The standard InChI is InChI=1S/C19H22N2O2/c1-10(2)5-14-8-16(22)18(19(14)23)17-11(3)6-13(7-12(17)4)15(21)9-20/h6-7,9,14,18,20-21H,1,5,8H2,2-4H3. The van der Waals surface area contributed by atoms with Crippen LogP contribution in [0.4, 0.5) is 0 Å². The van der Waals surface area contributed by atoms with Crippen LogP contribution in [-0.4, -0.2) is 23.5 Å². The van der Waals surface area contributed by atoms with E-state index in [4.69, 9.17) is 10.8 Å². The summed E-state index contributed by atoms with van der Waals surface area (Å²) in [5, 5.41) is 15.0. The summed E-state index contributed by atoms with van der Waals surface area (Å²) in [5.41, 5.74) is 4.09. The van der Waals surface area contributed by atoms with E-state index >= 15 is 0 Å². The molecule has 1 aliphatic rings. The minimum atomic E-state index is -0.692. The summed E-state index contributed by atoms with van der Waals surface area (Å²) in [6.45, 7) is 9.43. The number of Topliss-reactive ketones (excluding diaryl/α,β-unsaturated/α-hetero) is 2. The summed E-state index contributed by atoms with van der Waals surface area (Å²) in [5.74, 6) is -0.993. The average Bonchev–Trinajstić information content (AvgIpc) is 2.72. The number of carbonyl (C=O) groups is 2. The van der Waals surface area contributed by atoms with Crippen molar-refractivity contribution in [2.24, 2.45) is 5.92 Å². The fourth-order valence-corrected chi connectivity index (χ4v) is 3.42. The minimum absolute atomic E-state index is 0.0147. The topological polar surface area (TPSA) is 81.8 Å². The van der Waals surface area contributed by atoms with Crippen molar-refractivity contribution in [2.75, 3.05) is 0 Å². The molecule has 0 saturated heterocycles. The first-order valence-electron chi connectivity index (χ1n) is 7.67. The molecule has 4 heteroatoms. The van der Waals surface area contributed by atoms with Crippen molar-refractivity contribution in [2.45, 2.75) is 39.5 Å². The van der Waals surface area contributed by atoms with Crippen LogP contribution in [0.5, 0.6) is 0 Å². The van der Waals surface area contributed by atoms with Crippen LogP contribution in [-0.2, 0) is 9.59 Å². The molecule has 0 amide bonds. The number of hydrogen-bond donors (Lipinski definition) is 2. The van der Waals surface area contributed by atoms with E-state index < -0.39 is 5.92 Å². The third-order valence-corrected chi connectivity index (χ3v) is 4.39. The lowest BCUT2D eigenvalue weighted by Crippen LogP contribution is -2.18. The molecule has 2 rings (SSSR count). The van der Waals surface area contributed by atoms with Gasteiger partial charge in [-0.15, -0.1) is 6.58 Å². The molecule has 2 atom stereocenters. The summed E-state index contributed by atoms with van der Waals surface area (Å²) >= 11 is 0. The Morgan fingerprint density at radius 2 is 1.87 bits per heavy atom. The van der Waals surface area contributed by atoms with Crippen LogP contribution in [0.3, 0.4) is 0 Å². The quantitative estimate of drug-likeness (QED) is 0.495. The van der Waals surface area contributed by atoms with Gasteiger partial charge in [0.05, 0.1) is 5.71 Å². The molecule has 120 valence electrons. The first-order valence-corrected chi connectivity index (χ1v) is 7.67. The number of rotatable bonds is 5. The highest BCUT2D eigenvalue weighted by atomic mass is 16.2. The highest BCUT2D eigenvalue weighted by Crippen LogP contribution is 2.38. The second-order valence-electron chi connectivity index (χ2n) is 6.45. The van der Waals surface area contributed by atoms with Crippen LogP contribution in [0, 0.1) is 30.6 Å². The van der Waals surface area contributed by atoms with E-state index in [0.717, 1.165) is 28.5 Å². The normalized spacial score (nSPS) is 20.7. The lowest BCUT2D eigenvalue weighted by molar-refractivity contribution is -0.124. The number of hydrogen-bond acceptors (Lipinski definition) is 4. The van der Waals surface area contributed by atoms with Crippen molar-refractivity contribution < 1.29 is 9.59 Å². The van der Waals surface area contributed by atoms with E-state index in [2.05, 4.69) is 6.58 Å². The molecule has 1 aliphatic carbocycles. The highest BCUT2D eigenvalue weighted by molar-refractivity contribution is 6.35. The maximum Gasteiger partial charge on any atom is 0.151 e. The molecule has 0 aromatic heterocycles. The third kappa shape index (κ3) is 3.21. The second-order valence-corrected chi connectivity index (χ2v) is 6.45. The maximum absolute atomic E-state index is 12.7. The molecule has 23 heavy (non-hydrogen) atoms. The van der Waals surface area contributed by atoms with Gasteiger partial charge in [0, 0.05) is 24.1 Å². The van der Waals surface area contributed by atoms with Gasteiger partial charge in [-0.1, -0.05) is 5.57 Å². The van der Waals surface area contributed by atoms with Crippen molar-refractivity contribution in [1.29, 1.82) is 10.8 Å². The zero-order valence-electron chi connectivity index (χ0n) is 13.8. The molecular formula is C19H22N2O2. The van der Waals surface area contributed by atoms with Crippen LogP contribution >= 0.6 is 0 Å². The van der Waals surface area contributed by atoms with E-state index in [1.54, 1.807) is 12.1 Å². The summed E-state index contributed by atoms with van der Waals surface area (Å²) in [7, 11) is 0. The van der Waals surface area contributed by atoms with Gasteiger partial charge in [0.2, 0.25) is 0 Å². The Hall–Kier alpha value is -2.36. The van der Waals surface area contributed by atoms with E-state index in [0.29, 0.717) is 12.0 Å². The molecule has 0 radical (unpaired) electrons. The molecule has 1 fully saturated rings. The SMILES string of the molecule is C=C(C)CC1CC(=O)C(c2c(C)cc(C(=N)C=N)cc2C)C1=O. The number of allylic oxidation sites excluding steroid dienone is 1. The average molecular weight is 310 g/mol. The van der Waals surface area contributed by atoms with Crippen molar-refractivity contribution in [1.82, 2.24) is 0 Å². The molecule has 0 spiro atoms. The number of nitrogens with one attached hydrogen (secondary N) is 2. The molecule has 2 N–H and O–H groups in total. The van der Waals surface area contributed by atoms with Crippen molar-refractivity contribution >= 4 is 23.5 Å². The Kier molecular flexibility index (Phi) is 4.73. The van der Waals surface area contributed by atoms with Gasteiger partial charge >= 0.3 is 0 Å². The Labute approximate surface area is 136 Å². The van der Waals surface area contributed by atoms with Gasteiger partial charge in [0.1, 0.15) is 11.7 Å². The van der Waals surface area contributed by atoms with Gasteiger partial charge in [-0.3, -0.25) is 15.0 Å². The van der Waals surface area contributed by atoms with Crippen LogP contribution < -0.4 is 0 Å². The molecule has 0 aliphatic heterocycles. The van der Waals surface area contributed by atoms with E-state index in [-0.39, 0.29) is 29.6 Å². The molecule has 2 unspecified atom stereocenters. The Morgan fingerprint density at radius 1 is 1.30 bits per heavy atom. The number of aryl methyl sites for hydroxylation is 2. The molecule has 1 saturated carbocycles. The molecule has 1 aromatic carbocycles.